The third kappa shape index (κ3) is 4.07. The normalized spacial score (nSPS) is 10.9. The Morgan fingerprint density at radius 1 is 1.38 bits per heavy atom. The molecule has 0 saturated heterocycles. The fraction of sp³-hybridized carbons (Fsp3) is 0.222. The van der Waals surface area contributed by atoms with Crippen molar-refractivity contribution in [2.24, 2.45) is 5.73 Å². The van der Waals surface area contributed by atoms with Crippen LogP contribution in [0, 0.1) is 0 Å². The summed E-state index contributed by atoms with van der Waals surface area (Å²) in [6.45, 7) is -0.266. The third-order valence-corrected chi connectivity index (χ3v) is 1.57. The number of hydrogen-bond acceptors (Lipinski definition) is 3. The van der Waals surface area contributed by atoms with Gasteiger partial charge in [0.05, 0.1) is 12.2 Å². The van der Waals surface area contributed by atoms with E-state index in [9.17, 15) is 18.0 Å². The highest BCUT2D eigenvalue weighted by atomic mass is 19.4. The molecule has 1 aromatic carbocycles. The van der Waals surface area contributed by atoms with Gasteiger partial charge in [-0.2, -0.15) is 0 Å². The van der Waals surface area contributed by atoms with Crippen LogP contribution in [-0.4, -0.2) is 18.8 Å². The van der Waals surface area contributed by atoms with Gasteiger partial charge in [-0.3, -0.25) is 4.79 Å². The van der Waals surface area contributed by atoms with Crippen molar-refractivity contribution in [3.63, 3.8) is 0 Å². The summed E-state index contributed by atoms with van der Waals surface area (Å²) in [5, 5.41) is 2.44. The maximum absolute atomic E-state index is 12.0. The van der Waals surface area contributed by atoms with E-state index in [1.165, 1.54) is 18.2 Å². The van der Waals surface area contributed by atoms with Crippen molar-refractivity contribution in [1.82, 2.24) is 0 Å². The predicted molar refractivity (Wildman–Crippen MR) is 50.8 cm³/mol. The van der Waals surface area contributed by atoms with Gasteiger partial charge in [0.25, 0.3) is 0 Å². The summed E-state index contributed by atoms with van der Waals surface area (Å²) in [6.07, 6.45) is -4.77. The number of nitrogens with two attached hydrogens (primary N) is 1. The molecule has 88 valence electrons. The van der Waals surface area contributed by atoms with Crippen molar-refractivity contribution in [2.75, 3.05) is 11.9 Å². The number of para-hydroxylation sites is 2. The zero-order valence-corrected chi connectivity index (χ0v) is 8.04. The van der Waals surface area contributed by atoms with Crippen molar-refractivity contribution in [2.45, 2.75) is 6.36 Å². The van der Waals surface area contributed by atoms with Gasteiger partial charge in [-0.25, -0.2) is 0 Å². The minimum atomic E-state index is -4.77. The number of carbonyl (C=O) groups is 1. The number of primary amides is 1. The summed E-state index contributed by atoms with van der Waals surface area (Å²) in [7, 11) is 0. The average Bonchev–Trinajstić information content (AvgIpc) is 2.14. The fourth-order valence-corrected chi connectivity index (χ4v) is 1.01. The largest absolute Gasteiger partial charge is 0.573 e. The molecule has 16 heavy (non-hydrogen) atoms. The van der Waals surface area contributed by atoms with E-state index in [1.54, 1.807) is 0 Å². The highest BCUT2D eigenvalue weighted by Crippen LogP contribution is 2.29. The average molecular weight is 234 g/mol. The number of rotatable bonds is 4. The molecule has 1 aromatic rings. The Bertz CT molecular complexity index is 379. The molecule has 0 aliphatic carbocycles. The molecule has 0 spiro atoms. The molecule has 0 fully saturated rings. The summed E-state index contributed by atoms with van der Waals surface area (Å²) in [5.41, 5.74) is 4.91. The second kappa shape index (κ2) is 4.73. The maximum atomic E-state index is 12.0. The lowest BCUT2D eigenvalue weighted by Crippen LogP contribution is -2.23. The second-order valence-corrected chi connectivity index (χ2v) is 2.86. The highest BCUT2D eigenvalue weighted by Gasteiger charge is 2.32. The zero-order valence-electron chi connectivity index (χ0n) is 8.04. The van der Waals surface area contributed by atoms with Crippen molar-refractivity contribution in [3.05, 3.63) is 24.3 Å². The van der Waals surface area contributed by atoms with Crippen LogP contribution in [0.5, 0.6) is 5.75 Å². The van der Waals surface area contributed by atoms with Crippen molar-refractivity contribution in [1.29, 1.82) is 0 Å². The van der Waals surface area contributed by atoms with Crippen LogP contribution < -0.4 is 15.8 Å². The molecule has 0 aromatic heterocycles. The Morgan fingerprint density at radius 3 is 2.56 bits per heavy atom. The predicted octanol–water partition coefficient (Wildman–Crippen LogP) is 1.48. The SMILES string of the molecule is NC(=O)CNc1ccccc1OC(F)(F)F. The minimum absolute atomic E-state index is 0.0543. The lowest BCUT2D eigenvalue weighted by molar-refractivity contribution is -0.274. The van der Waals surface area contributed by atoms with Gasteiger partial charge >= 0.3 is 6.36 Å². The van der Waals surface area contributed by atoms with Gasteiger partial charge in [-0.1, -0.05) is 12.1 Å². The monoisotopic (exact) mass is 234 g/mol. The molecule has 0 aliphatic heterocycles. The van der Waals surface area contributed by atoms with Crippen LogP contribution in [0.1, 0.15) is 0 Å². The smallest absolute Gasteiger partial charge is 0.404 e. The molecular formula is C9H9F3N2O2. The number of hydrogen-bond donors (Lipinski definition) is 2. The van der Waals surface area contributed by atoms with E-state index in [2.05, 4.69) is 10.1 Å². The lowest BCUT2D eigenvalue weighted by atomic mass is 10.3. The quantitative estimate of drug-likeness (QED) is 0.829. The van der Waals surface area contributed by atoms with E-state index in [4.69, 9.17) is 5.73 Å². The van der Waals surface area contributed by atoms with Crippen LogP contribution in [0.2, 0.25) is 0 Å². The lowest BCUT2D eigenvalue weighted by Gasteiger charge is -2.13. The third-order valence-electron chi connectivity index (χ3n) is 1.57. The van der Waals surface area contributed by atoms with Gasteiger partial charge in [-0.05, 0) is 12.1 Å². The van der Waals surface area contributed by atoms with Crippen LogP contribution in [0.15, 0.2) is 24.3 Å². The first-order chi connectivity index (χ1) is 7.38. The van der Waals surface area contributed by atoms with Crippen LogP contribution >= 0.6 is 0 Å². The number of benzene rings is 1. The van der Waals surface area contributed by atoms with E-state index < -0.39 is 18.0 Å². The topological polar surface area (TPSA) is 64.4 Å². The van der Waals surface area contributed by atoms with Crippen molar-refractivity contribution in [3.8, 4) is 5.75 Å². The Hall–Kier alpha value is -1.92. The van der Waals surface area contributed by atoms with Crippen LogP contribution in [0.4, 0.5) is 18.9 Å². The van der Waals surface area contributed by atoms with Crippen molar-refractivity contribution < 1.29 is 22.7 Å². The Morgan fingerprint density at radius 2 is 2.00 bits per heavy atom. The Balaban J connectivity index is 2.79. The number of anilines is 1. The number of alkyl halides is 3. The van der Waals surface area contributed by atoms with Crippen LogP contribution in [-0.2, 0) is 4.79 Å². The maximum Gasteiger partial charge on any atom is 0.573 e. The summed E-state index contributed by atoms with van der Waals surface area (Å²) < 4.78 is 39.7. The second-order valence-electron chi connectivity index (χ2n) is 2.86. The summed E-state index contributed by atoms with van der Waals surface area (Å²) >= 11 is 0. The van der Waals surface area contributed by atoms with Crippen LogP contribution in [0.3, 0.4) is 0 Å². The number of nitrogens with one attached hydrogen (secondary N) is 1. The highest BCUT2D eigenvalue weighted by molar-refractivity contribution is 5.79. The summed E-state index contributed by atoms with van der Waals surface area (Å²) in [4.78, 5) is 10.5. The molecule has 4 nitrogen and oxygen atoms in total. The number of amides is 1. The first-order valence-electron chi connectivity index (χ1n) is 4.25. The van der Waals surface area contributed by atoms with Gasteiger partial charge in [0.2, 0.25) is 5.91 Å². The Kier molecular flexibility index (Phi) is 3.60. The minimum Gasteiger partial charge on any atom is -0.404 e. The first kappa shape index (κ1) is 12.2. The van der Waals surface area contributed by atoms with Gasteiger partial charge < -0.3 is 15.8 Å². The number of ether oxygens (including phenoxy) is 1. The molecule has 0 saturated carbocycles. The van der Waals surface area contributed by atoms with E-state index in [1.807, 2.05) is 0 Å². The molecule has 0 unspecified atom stereocenters. The fourth-order valence-electron chi connectivity index (χ4n) is 1.01. The van der Waals surface area contributed by atoms with E-state index in [-0.39, 0.29) is 12.2 Å². The molecule has 1 rings (SSSR count). The zero-order chi connectivity index (χ0) is 12.2. The molecule has 1 amide bonds. The molecule has 0 atom stereocenters. The molecule has 0 heterocycles. The number of halogens is 3. The van der Waals surface area contributed by atoms with E-state index >= 15 is 0 Å². The molecule has 0 aliphatic rings. The number of carbonyl (C=O) groups excluding carboxylic acids is 1. The molecule has 7 heteroatoms. The van der Waals surface area contributed by atoms with Crippen LogP contribution in [0.25, 0.3) is 0 Å². The van der Waals surface area contributed by atoms with Crippen molar-refractivity contribution >= 4 is 11.6 Å². The van der Waals surface area contributed by atoms with Gasteiger partial charge in [0, 0.05) is 0 Å². The van der Waals surface area contributed by atoms with Gasteiger partial charge in [-0.15, -0.1) is 13.2 Å². The summed E-state index contributed by atoms with van der Waals surface area (Å²) in [6, 6.07) is 5.38. The Labute approximate surface area is 89.2 Å². The first-order valence-corrected chi connectivity index (χ1v) is 4.25. The van der Waals surface area contributed by atoms with Gasteiger partial charge in [0.1, 0.15) is 0 Å². The summed E-state index contributed by atoms with van der Waals surface area (Å²) in [5.74, 6) is -1.09. The molecule has 3 N–H and O–H groups in total. The molecule has 0 radical (unpaired) electrons. The van der Waals surface area contributed by atoms with E-state index in [0.717, 1.165) is 6.07 Å². The standard InChI is InChI=1S/C9H9F3N2O2/c10-9(11,12)16-7-4-2-1-3-6(7)14-5-8(13)15/h1-4,14H,5H2,(H2,13,15). The molecular weight excluding hydrogens is 225 g/mol. The van der Waals surface area contributed by atoms with E-state index in [0.29, 0.717) is 0 Å². The van der Waals surface area contributed by atoms with Gasteiger partial charge in [0.15, 0.2) is 5.75 Å². The molecule has 0 bridgehead atoms.